The average Bonchev–Trinajstić information content (AvgIpc) is 2.56. The Bertz CT molecular complexity index is 1070. The van der Waals surface area contributed by atoms with Gasteiger partial charge in [-0.05, 0) is 25.1 Å². The molecule has 0 aliphatic rings. The smallest absolute Gasteiger partial charge is 0.332 e. The monoisotopic (exact) mass is 335 g/mol. The van der Waals surface area contributed by atoms with Crippen LogP contribution in [0, 0.1) is 0 Å². The van der Waals surface area contributed by atoms with Crippen molar-refractivity contribution in [1.29, 1.82) is 0 Å². The lowest BCUT2D eigenvalue weighted by molar-refractivity contribution is 0.154. The molecule has 6 nitrogen and oxygen atoms in total. The van der Waals surface area contributed by atoms with Gasteiger partial charge in [0.05, 0.1) is 17.5 Å². The quantitative estimate of drug-likeness (QED) is 0.688. The fourth-order valence-electron chi connectivity index (χ4n) is 2.76. The molecular weight excluding hydrogens is 320 g/mol. The Kier molecular flexibility index (Phi) is 3.82. The summed E-state index contributed by atoms with van der Waals surface area (Å²) in [7, 11) is 2.65. The van der Waals surface area contributed by atoms with Gasteiger partial charge in [0.2, 0.25) is 0 Å². The zero-order valence-corrected chi connectivity index (χ0v) is 13.3. The number of hydrogen-bond donors (Lipinski definition) is 0. The SMILES string of the molecule is CCOc1ccc2nc3c(c(C(F)F)c2c1)c(=O)n(C)c(=O)n3C. The van der Waals surface area contributed by atoms with Crippen LogP contribution in [0.25, 0.3) is 21.9 Å². The summed E-state index contributed by atoms with van der Waals surface area (Å²) in [5, 5.41) is -0.116. The third kappa shape index (κ3) is 2.26. The molecular formula is C16H15F2N3O3. The highest BCUT2D eigenvalue weighted by Crippen LogP contribution is 2.33. The normalized spacial score (nSPS) is 11.6. The van der Waals surface area contributed by atoms with Gasteiger partial charge in [-0.1, -0.05) is 0 Å². The third-order valence-electron chi connectivity index (χ3n) is 3.92. The second-order valence-electron chi connectivity index (χ2n) is 5.34. The van der Waals surface area contributed by atoms with E-state index in [4.69, 9.17) is 4.74 Å². The Morgan fingerprint density at radius 1 is 1.21 bits per heavy atom. The molecule has 0 unspecified atom stereocenters. The summed E-state index contributed by atoms with van der Waals surface area (Å²) in [6.07, 6.45) is -2.90. The zero-order valence-electron chi connectivity index (χ0n) is 13.3. The van der Waals surface area contributed by atoms with Crippen molar-refractivity contribution >= 4 is 21.9 Å². The number of benzene rings is 1. The number of rotatable bonds is 3. The van der Waals surface area contributed by atoms with Gasteiger partial charge in [0.15, 0.2) is 0 Å². The van der Waals surface area contributed by atoms with Crippen LogP contribution in [0.5, 0.6) is 5.75 Å². The molecule has 3 rings (SSSR count). The lowest BCUT2D eigenvalue weighted by Crippen LogP contribution is -2.37. The molecule has 0 fully saturated rings. The molecule has 0 saturated carbocycles. The molecule has 0 atom stereocenters. The fourth-order valence-corrected chi connectivity index (χ4v) is 2.76. The van der Waals surface area contributed by atoms with E-state index < -0.39 is 23.2 Å². The number of ether oxygens (including phenoxy) is 1. The topological polar surface area (TPSA) is 66.1 Å². The summed E-state index contributed by atoms with van der Waals surface area (Å²) in [5.74, 6) is 0.412. The highest BCUT2D eigenvalue weighted by Gasteiger charge is 2.23. The maximum absolute atomic E-state index is 13.8. The summed E-state index contributed by atoms with van der Waals surface area (Å²) >= 11 is 0. The number of pyridine rings is 1. The maximum Gasteiger partial charge on any atom is 0.332 e. The Hall–Kier alpha value is -2.77. The predicted molar refractivity (Wildman–Crippen MR) is 85.9 cm³/mol. The van der Waals surface area contributed by atoms with Crippen LogP contribution in [0.4, 0.5) is 8.78 Å². The highest BCUT2D eigenvalue weighted by atomic mass is 19.3. The van der Waals surface area contributed by atoms with Crippen LogP contribution >= 0.6 is 0 Å². The van der Waals surface area contributed by atoms with Gasteiger partial charge in [0, 0.05) is 25.0 Å². The summed E-state index contributed by atoms with van der Waals surface area (Å²) in [6.45, 7) is 2.16. The van der Waals surface area contributed by atoms with E-state index in [1.54, 1.807) is 13.0 Å². The summed E-state index contributed by atoms with van der Waals surface area (Å²) < 4.78 is 34.8. The van der Waals surface area contributed by atoms with Gasteiger partial charge in [-0.15, -0.1) is 0 Å². The molecule has 8 heteroatoms. The minimum absolute atomic E-state index is 0.0601. The average molecular weight is 335 g/mol. The first-order chi connectivity index (χ1) is 11.4. The number of aryl methyl sites for hydroxylation is 1. The number of hydrogen-bond acceptors (Lipinski definition) is 4. The van der Waals surface area contributed by atoms with E-state index in [1.807, 2.05) is 0 Å². The van der Waals surface area contributed by atoms with Crippen LogP contribution in [0.2, 0.25) is 0 Å². The third-order valence-corrected chi connectivity index (χ3v) is 3.92. The minimum Gasteiger partial charge on any atom is -0.494 e. The molecule has 1 aromatic carbocycles. The molecule has 2 heterocycles. The van der Waals surface area contributed by atoms with Crippen molar-refractivity contribution in [3.8, 4) is 5.75 Å². The van der Waals surface area contributed by atoms with E-state index in [0.29, 0.717) is 12.4 Å². The number of alkyl halides is 2. The van der Waals surface area contributed by atoms with Crippen LogP contribution in [0.15, 0.2) is 27.8 Å². The maximum atomic E-state index is 13.8. The van der Waals surface area contributed by atoms with Gasteiger partial charge in [-0.2, -0.15) is 0 Å². The second-order valence-corrected chi connectivity index (χ2v) is 5.34. The van der Waals surface area contributed by atoms with E-state index in [1.165, 1.54) is 26.2 Å². The number of nitrogens with zero attached hydrogens (tertiary/aromatic N) is 3. The van der Waals surface area contributed by atoms with Gasteiger partial charge in [0.25, 0.3) is 12.0 Å². The largest absolute Gasteiger partial charge is 0.494 e. The van der Waals surface area contributed by atoms with E-state index in [-0.39, 0.29) is 21.9 Å². The molecule has 126 valence electrons. The molecule has 0 bridgehead atoms. The van der Waals surface area contributed by atoms with E-state index in [0.717, 1.165) is 9.13 Å². The van der Waals surface area contributed by atoms with Crippen LogP contribution in [-0.4, -0.2) is 20.7 Å². The van der Waals surface area contributed by atoms with E-state index >= 15 is 0 Å². The van der Waals surface area contributed by atoms with Crippen molar-refractivity contribution in [2.24, 2.45) is 14.1 Å². The number of aromatic nitrogens is 3. The molecule has 0 N–H and O–H groups in total. The predicted octanol–water partition coefficient (Wildman–Crippen LogP) is 2.12. The molecule has 0 radical (unpaired) electrons. The highest BCUT2D eigenvalue weighted by molar-refractivity contribution is 5.96. The zero-order chi connectivity index (χ0) is 17.6. The van der Waals surface area contributed by atoms with Crippen molar-refractivity contribution in [1.82, 2.24) is 14.1 Å². The Morgan fingerprint density at radius 2 is 1.92 bits per heavy atom. The van der Waals surface area contributed by atoms with Crippen molar-refractivity contribution in [2.75, 3.05) is 6.61 Å². The van der Waals surface area contributed by atoms with Crippen molar-refractivity contribution in [3.05, 3.63) is 44.6 Å². The Morgan fingerprint density at radius 3 is 2.54 bits per heavy atom. The molecule has 0 aliphatic heterocycles. The Balaban J connectivity index is 2.60. The van der Waals surface area contributed by atoms with Crippen molar-refractivity contribution < 1.29 is 13.5 Å². The van der Waals surface area contributed by atoms with Gasteiger partial charge < -0.3 is 4.74 Å². The molecule has 0 saturated heterocycles. The molecule has 24 heavy (non-hydrogen) atoms. The van der Waals surface area contributed by atoms with Crippen LogP contribution in [0.3, 0.4) is 0 Å². The lowest BCUT2D eigenvalue weighted by Gasteiger charge is -2.14. The van der Waals surface area contributed by atoms with Crippen molar-refractivity contribution in [3.63, 3.8) is 0 Å². The van der Waals surface area contributed by atoms with Gasteiger partial charge in [-0.3, -0.25) is 13.9 Å². The molecule has 0 spiro atoms. The molecule has 3 aromatic rings. The summed E-state index contributed by atoms with van der Waals surface area (Å²) in [4.78, 5) is 28.7. The number of fused-ring (bicyclic) bond motifs is 2. The fraction of sp³-hybridized carbons (Fsp3) is 0.312. The van der Waals surface area contributed by atoms with Crippen LogP contribution in [-0.2, 0) is 14.1 Å². The molecule has 0 aliphatic carbocycles. The Labute approximate surface area is 134 Å². The second kappa shape index (κ2) is 5.70. The van der Waals surface area contributed by atoms with Gasteiger partial charge >= 0.3 is 5.69 Å². The first kappa shape index (κ1) is 16.1. The first-order valence-corrected chi connectivity index (χ1v) is 7.31. The van der Waals surface area contributed by atoms with Crippen molar-refractivity contribution in [2.45, 2.75) is 13.3 Å². The molecule has 2 aromatic heterocycles. The summed E-state index contributed by atoms with van der Waals surface area (Å²) in [5.41, 5.74) is -1.64. The standard InChI is InChI=1S/C16H15F2N3O3/c1-4-24-8-5-6-10-9(7-8)11(13(17)18)12-14(19-10)20(2)16(23)21(3)15(12)22/h5-7,13H,4H2,1-3H3. The molecule has 0 amide bonds. The van der Waals surface area contributed by atoms with E-state index in [2.05, 4.69) is 4.98 Å². The first-order valence-electron chi connectivity index (χ1n) is 7.31. The van der Waals surface area contributed by atoms with E-state index in [9.17, 15) is 18.4 Å². The van der Waals surface area contributed by atoms with Gasteiger partial charge in [-0.25, -0.2) is 18.6 Å². The lowest BCUT2D eigenvalue weighted by atomic mass is 10.1. The van der Waals surface area contributed by atoms with Crippen LogP contribution in [0.1, 0.15) is 18.9 Å². The summed E-state index contributed by atoms with van der Waals surface area (Å²) in [6, 6.07) is 4.59. The minimum atomic E-state index is -2.90. The number of halogens is 2. The van der Waals surface area contributed by atoms with Crippen LogP contribution < -0.4 is 16.0 Å². The van der Waals surface area contributed by atoms with Gasteiger partial charge in [0.1, 0.15) is 11.4 Å².